The Morgan fingerprint density at radius 3 is 1.18 bits per heavy atom. The Morgan fingerprint density at radius 2 is 0.800 bits per heavy atom. The molecule has 2 atom stereocenters. The third kappa shape index (κ3) is 6.94. The van der Waals surface area contributed by atoms with Crippen molar-refractivity contribution in [1.82, 2.24) is 0 Å². The molecule has 4 heteroatoms. The van der Waals surface area contributed by atoms with Gasteiger partial charge in [-0.15, -0.1) is 0 Å². The number of unbranched alkanes of at least 4 members (excludes halogenated alkanes) is 4. The summed E-state index contributed by atoms with van der Waals surface area (Å²) in [5, 5.41) is 2.80. The van der Waals surface area contributed by atoms with E-state index in [9.17, 15) is 17.0 Å². The molecule has 0 saturated carbocycles. The quantitative estimate of drug-likeness (QED) is 0.0934. The van der Waals surface area contributed by atoms with Crippen molar-refractivity contribution in [3.8, 4) is 0 Å². The average molecular weight is 800 g/mol. The van der Waals surface area contributed by atoms with Gasteiger partial charge in [0.2, 0.25) is 0 Å². The van der Waals surface area contributed by atoms with Crippen LogP contribution >= 0.6 is 17.0 Å². The van der Waals surface area contributed by atoms with Crippen LogP contribution < -0.4 is 10.4 Å². The Labute approximate surface area is 312 Å². The number of hydrogen-bond donors (Lipinski definition) is 0. The summed E-state index contributed by atoms with van der Waals surface area (Å²) >= 11 is -5.39. The fourth-order valence-electron chi connectivity index (χ4n) is 9.62. The van der Waals surface area contributed by atoms with Crippen LogP contribution in [0.2, 0.25) is 0 Å². The topological polar surface area (TPSA) is 0 Å². The molecule has 0 fully saturated rings. The van der Waals surface area contributed by atoms with E-state index < -0.39 is 21.5 Å². The molecule has 6 rings (SSSR count). The van der Waals surface area contributed by atoms with Crippen molar-refractivity contribution in [2.24, 2.45) is 0 Å². The zero-order valence-electron chi connectivity index (χ0n) is 30.9. The molecule has 0 heterocycles. The van der Waals surface area contributed by atoms with E-state index in [4.69, 9.17) is 0 Å². The van der Waals surface area contributed by atoms with Crippen LogP contribution in [0.3, 0.4) is 0 Å². The average Bonchev–Trinajstić information content (AvgIpc) is 3.65. The maximum absolute atomic E-state index is 9.41. The van der Waals surface area contributed by atoms with Gasteiger partial charge in [-0.1, -0.05) is 0 Å². The van der Waals surface area contributed by atoms with Crippen LogP contribution in [0.25, 0.3) is 11.1 Å². The summed E-state index contributed by atoms with van der Waals surface area (Å²) in [5.41, 5.74) is 12.0. The Balaban J connectivity index is 1.78. The standard InChI is InChI=1S/2C17H23.C12H11Si.2ClH.Zr/c2*1-3-5-9-14-13-15-10-7-8-12-17(15)16(14)11-6-4-2;1-3-7-11(8-4-1)13-12-9-5-2-6-10-12;;;/h2*7-8,10,12-13H,3-6,9,11H2,1-2H3;1-10,13H;2*1H;/q;;;;;+2/p-2. The van der Waals surface area contributed by atoms with Gasteiger partial charge < -0.3 is 0 Å². The van der Waals surface area contributed by atoms with Gasteiger partial charge in [0.05, 0.1) is 0 Å². The van der Waals surface area contributed by atoms with Gasteiger partial charge in [0.25, 0.3) is 0 Å². The first kappa shape index (κ1) is 37.8. The third-order valence-corrected chi connectivity index (χ3v) is 53.5. The van der Waals surface area contributed by atoms with Crippen molar-refractivity contribution in [1.29, 1.82) is 0 Å². The molecule has 0 N–H and O–H groups in total. The van der Waals surface area contributed by atoms with E-state index >= 15 is 0 Å². The van der Waals surface area contributed by atoms with Crippen molar-refractivity contribution < 1.29 is 15.6 Å². The molecule has 4 aromatic carbocycles. The van der Waals surface area contributed by atoms with Gasteiger partial charge in [0.15, 0.2) is 0 Å². The van der Waals surface area contributed by atoms with Gasteiger partial charge in [0.1, 0.15) is 0 Å². The predicted octanol–water partition coefficient (Wildman–Crippen LogP) is 13.3. The molecule has 2 aliphatic rings. The summed E-state index contributed by atoms with van der Waals surface area (Å²) in [6.07, 6.45) is 13.8. The minimum absolute atomic E-state index is 0.0756. The van der Waals surface area contributed by atoms with Crippen molar-refractivity contribution >= 4 is 44.5 Å². The molecule has 4 aromatic rings. The molecule has 0 saturated heterocycles. The van der Waals surface area contributed by atoms with Crippen LogP contribution in [0.5, 0.6) is 0 Å². The molecule has 0 nitrogen and oxygen atoms in total. The Bertz CT molecular complexity index is 1680. The van der Waals surface area contributed by atoms with Crippen molar-refractivity contribution in [2.75, 3.05) is 0 Å². The molecular formula is C46H57Cl2SiZr. The van der Waals surface area contributed by atoms with E-state index in [0.717, 1.165) is 38.5 Å². The van der Waals surface area contributed by atoms with E-state index in [1.54, 1.807) is 22.3 Å². The maximum atomic E-state index is 9.41. The van der Waals surface area contributed by atoms with Crippen LogP contribution in [-0.2, 0) is 15.6 Å². The zero-order valence-corrected chi connectivity index (χ0v) is 36.0. The molecule has 0 aliphatic heterocycles. The van der Waals surface area contributed by atoms with Gasteiger partial charge in [-0.3, -0.25) is 0 Å². The van der Waals surface area contributed by atoms with Crippen LogP contribution in [-0.4, -0.2) is 5.92 Å². The number of fused-ring (bicyclic) bond motifs is 2. The van der Waals surface area contributed by atoms with E-state index in [1.807, 2.05) is 0 Å². The van der Waals surface area contributed by atoms with Gasteiger partial charge in [-0.05, 0) is 0 Å². The predicted molar refractivity (Wildman–Crippen MR) is 221 cm³/mol. The second-order valence-corrected chi connectivity index (χ2v) is 53.1. The van der Waals surface area contributed by atoms with Crippen molar-refractivity contribution in [3.05, 3.63) is 143 Å². The molecular weight excluding hydrogens is 743 g/mol. The Morgan fingerprint density at radius 1 is 0.460 bits per heavy atom. The number of benzene rings is 4. The summed E-state index contributed by atoms with van der Waals surface area (Å²) in [7, 11) is 18.8. The summed E-state index contributed by atoms with van der Waals surface area (Å²) in [5.74, 6) is -2.30. The molecule has 0 radical (unpaired) electrons. The second kappa shape index (κ2) is 16.8. The first-order chi connectivity index (χ1) is 24.4. The first-order valence-electron chi connectivity index (χ1n) is 19.7. The van der Waals surface area contributed by atoms with Gasteiger partial charge in [-0.25, -0.2) is 0 Å². The molecule has 0 amide bonds. The summed E-state index contributed by atoms with van der Waals surface area (Å²) in [4.78, 5) is 0. The fraction of sp³-hybridized carbons (Fsp3) is 0.391. The van der Waals surface area contributed by atoms with E-state index in [-0.39, 0.29) is 7.25 Å². The molecule has 0 bridgehead atoms. The monoisotopic (exact) mass is 797 g/mol. The number of hydrogen-bond acceptors (Lipinski definition) is 0. The molecule has 50 heavy (non-hydrogen) atoms. The summed E-state index contributed by atoms with van der Waals surface area (Å²) in [6.45, 7) is 9.32. The van der Waals surface area contributed by atoms with Crippen LogP contribution in [0.15, 0.2) is 120 Å². The Kier molecular flexibility index (Phi) is 12.7. The minimum atomic E-state index is -5.39. The van der Waals surface area contributed by atoms with Crippen LogP contribution in [0, 0.1) is 0 Å². The summed E-state index contributed by atoms with van der Waals surface area (Å²) < 4.78 is 0.151. The number of rotatable bonds is 17. The van der Waals surface area contributed by atoms with Gasteiger partial charge in [0, 0.05) is 0 Å². The summed E-state index contributed by atoms with van der Waals surface area (Å²) in [6, 6.07) is 41.5. The fourth-order valence-corrected chi connectivity index (χ4v) is 59.5. The molecule has 0 aromatic heterocycles. The van der Waals surface area contributed by atoms with Gasteiger partial charge >= 0.3 is 315 Å². The molecule has 2 aliphatic carbocycles. The van der Waals surface area contributed by atoms with Gasteiger partial charge in [-0.2, -0.15) is 0 Å². The van der Waals surface area contributed by atoms with Crippen molar-refractivity contribution in [2.45, 2.75) is 112 Å². The van der Waals surface area contributed by atoms with E-state index in [0.29, 0.717) is 0 Å². The second-order valence-electron chi connectivity index (χ2n) is 14.9. The first-order valence-corrected chi connectivity index (χ1v) is 34.9. The third-order valence-electron chi connectivity index (χ3n) is 11.7. The number of halogens is 2. The number of allylic oxidation sites excluding steroid dienone is 4. The molecule has 0 spiro atoms. The van der Waals surface area contributed by atoms with Crippen molar-refractivity contribution in [3.63, 3.8) is 0 Å². The van der Waals surface area contributed by atoms with Crippen LogP contribution in [0.4, 0.5) is 0 Å². The SMILES string of the molecule is CCCCC1=C(CCCC)[CH]([Zr]([Cl])([Cl])([CH]2C(CCCC)=C(CCCC)c3ccccc32)[SiH](c2ccccc2)c2ccccc2)c2ccccc21. The normalized spacial score (nSPS) is 18.0. The van der Waals surface area contributed by atoms with Crippen LogP contribution in [0.1, 0.15) is 134 Å². The van der Waals surface area contributed by atoms with E-state index in [1.165, 1.54) is 71.2 Å². The Hall–Kier alpha value is -1.96. The zero-order chi connectivity index (χ0) is 35.2. The molecule has 2 unspecified atom stereocenters. The van der Waals surface area contributed by atoms with E-state index in [2.05, 4.69) is 137 Å². The molecule has 263 valence electrons.